The van der Waals surface area contributed by atoms with Gasteiger partial charge in [-0.25, -0.2) is 15.0 Å². The normalized spacial score (nSPS) is 19.4. The molecule has 3 N–H and O–H groups in total. The van der Waals surface area contributed by atoms with Gasteiger partial charge in [-0.2, -0.15) is 0 Å². The van der Waals surface area contributed by atoms with E-state index in [4.69, 9.17) is 9.97 Å². The summed E-state index contributed by atoms with van der Waals surface area (Å²) in [6, 6.07) is 4.25. The van der Waals surface area contributed by atoms with Crippen LogP contribution in [-0.2, 0) is 0 Å². The molecule has 5 rings (SSSR count). The van der Waals surface area contributed by atoms with Gasteiger partial charge < -0.3 is 16.0 Å². The van der Waals surface area contributed by atoms with E-state index in [1.165, 1.54) is 18.4 Å². The van der Waals surface area contributed by atoms with E-state index in [1.807, 2.05) is 36.7 Å². The van der Waals surface area contributed by atoms with Gasteiger partial charge in [-0.05, 0) is 86.2 Å². The van der Waals surface area contributed by atoms with Gasteiger partial charge in [0, 0.05) is 35.1 Å². The van der Waals surface area contributed by atoms with Crippen molar-refractivity contribution in [3.8, 4) is 11.4 Å². The number of hydrogen-bond donors (Lipinski definition) is 3. The van der Waals surface area contributed by atoms with Crippen LogP contribution in [0.2, 0.25) is 0 Å². The first-order valence-corrected chi connectivity index (χ1v) is 14.6. The van der Waals surface area contributed by atoms with E-state index >= 15 is 0 Å². The van der Waals surface area contributed by atoms with E-state index in [2.05, 4.69) is 66.8 Å². The lowest BCUT2D eigenvalue weighted by Gasteiger charge is -2.37. The Kier molecular flexibility index (Phi) is 8.31. The lowest BCUT2D eigenvalue weighted by molar-refractivity contribution is 0.246. The number of allylic oxidation sites excluding steroid dienone is 3. The molecule has 1 unspecified atom stereocenters. The molecule has 1 atom stereocenters. The minimum Gasteiger partial charge on any atom is -0.366 e. The Morgan fingerprint density at radius 1 is 1.10 bits per heavy atom. The lowest BCUT2D eigenvalue weighted by Crippen LogP contribution is -2.41. The SMILES string of the molecule is C=C(/C=C\C(=C)C(C)C)Nc1cc(-c2nc(NC3CCCNCCC3(C)C)c3c(C4CC4)cncc3n2)ccn1. The fourth-order valence-electron chi connectivity index (χ4n) is 5.25. The fourth-order valence-corrected chi connectivity index (χ4v) is 5.25. The Balaban J connectivity index is 1.50. The van der Waals surface area contributed by atoms with Crippen molar-refractivity contribution >= 4 is 22.5 Å². The molecule has 4 heterocycles. The standard InChI is InChI=1S/C33H43N7/c1-21(2)22(3)9-10-23(4)37-29-18-25(13-16-36-29)31-38-27-20-35-19-26(24-11-12-24)30(27)32(40-31)39-28-8-7-15-34-17-14-33(28,5)6/h9-10,13,16,18-21,24,28,34H,3-4,7-8,11-12,14-15,17H2,1-2,5-6H3,(H,36,37)(H,38,39,40)/b10-9-. The number of nitrogens with zero attached hydrogens (tertiary/aromatic N) is 4. The monoisotopic (exact) mass is 537 g/mol. The summed E-state index contributed by atoms with van der Waals surface area (Å²) in [5.74, 6) is 3.21. The van der Waals surface area contributed by atoms with E-state index in [0.29, 0.717) is 29.5 Å². The largest absolute Gasteiger partial charge is 0.366 e. The summed E-state index contributed by atoms with van der Waals surface area (Å²) in [5, 5.41) is 11.9. The summed E-state index contributed by atoms with van der Waals surface area (Å²) < 4.78 is 0. The number of aromatic nitrogens is 4. The Morgan fingerprint density at radius 2 is 1.93 bits per heavy atom. The molecule has 0 aromatic carbocycles. The molecular formula is C33H43N7. The molecule has 40 heavy (non-hydrogen) atoms. The first-order chi connectivity index (χ1) is 19.2. The minimum absolute atomic E-state index is 0.125. The number of hydrogen-bond acceptors (Lipinski definition) is 7. The van der Waals surface area contributed by atoms with Crippen LogP contribution in [0.4, 0.5) is 11.6 Å². The van der Waals surface area contributed by atoms with Crippen LogP contribution in [0.3, 0.4) is 0 Å². The van der Waals surface area contributed by atoms with Crippen molar-refractivity contribution in [1.82, 2.24) is 25.3 Å². The molecular weight excluding hydrogens is 494 g/mol. The van der Waals surface area contributed by atoms with Gasteiger partial charge in [0.2, 0.25) is 0 Å². The van der Waals surface area contributed by atoms with Gasteiger partial charge in [0.1, 0.15) is 11.6 Å². The summed E-state index contributed by atoms with van der Waals surface area (Å²) in [7, 11) is 0. The number of nitrogens with one attached hydrogen (secondary N) is 3. The zero-order chi connectivity index (χ0) is 28.3. The van der Waals surface area contributed by atoms with Gasteiger partial charge in [-0.1, -0.05) is 52.5 Å². The summed E-state index contributed by atoms with van der Waals surface area (Å²) in [6.07, 6.45) is 15.3. The summed E-state index contributed by atoms with van der Waals surface area (Å²) >= 11 is 0. The van der Waals surface area contributed by atoms with Crippen molar-refractivity contribution in [2.45, 2.75) is 71.8 Å². The van der Waals surface area contributed by atoms with Crippen molar-refractivity contribution in [2.24, 2.45) is 11.3 Å². The second-order valence-corrected chi connectivity index (χ2v) is 12.3. The van der Waals surface area contributed by atoms with Crippen LogP contribution >= 0.6 is 0 Å². The van der Waals surface area contributed by atoms with E-state index in [-0.39, 0.29) is 5.41 Å². The molecule has 0 amide bonds. The van der Waals surface area contributed by atoms with Crippen LogP contribution in [0, 0.1) is 11.3 Å². The van der Waals surface area contributed by atoms with Gasteiger partial charge in [0.05, 0.1) is 11.7 Å². The number of anilines is 2. The lowest BCUT2D eigenvalue weighted by atomic mass is 9.78. The van der Waals surface area contributed by atoms with Crippen LogP contribution in [0.15, 0.2) is 67.3 Å². The molecule has 1 aliphatic carbocycles. The molecule has 7 nitrogen and oxygen atoms in total. The third kappa shape index (κ3) is 6.58. The van der Waals surface area contributed by atoms with Crippen LogP contribution < -0.4 is 16.0 Å². The summed E-state index contributed by atoms with van der Waals surface area (Å²) in [4.78, 5) is 19.3. The van der Waals surface area contributed by atoms with Gasteiger partial charge in [-0.3, -0.25) is 4.98 Å². The second-order valence-electron chi connectivity index (χ2n) is 12.3. The Bertz CT molecular complexity index is 1420. The molecule has 1 saturated carbocycles. The highest BCUT2D eigenvalue weighted by atomic mass is 15.1. The van der Waals surface area contributed by atoms with Crippen molar-refractivity contribution in [2.75, 3.05) is 23.7 Å². The van der Waals surface area contributed by atoms with E-state index in [0.717, 1.165) is 65.9 Å². The molecule has 0 bridgehead atoms. The fraction of sp³-hybridized carbons (Fsp3) is 0.455. The molecule has 2 fully saturated rings. The predicted octanol–water partition coefficient (Wildman–Crippen LogP) is 7.24. The van der Waals surface area contributed by atoms with E-state index < -0.39 is 0 Å². The number of pyridine rings is 2. The Hall–Kier alpha value is -3.58. The van der Waals surface area contributed by atoms with Crippen molar-refractivity contribution in [1.29, 1.82) is 0 Å². The molecule has 210 valence electrons. The smallest absolute Gasteiger partial charge is 0.162 e. The Morgan fingerprint density at radius 3 is 2.70 bits per heavy atom. The molecule has 2 aliphatic rings. The van der Waals surface area contributed by atoms with Crippen LogP contribution in [0.1, 0.15) is 71.3 Å². The third-order valence-corrected chi connectivity index (χ3v) is 8.25. The Labute approximate surface area is 238 Å². The number of fused-ring (bicyclic) bond motifs is 1. The van der Waals surface area contributed by atoms with Gasteiger partial charge in [0.15, 0.2) is 5.82 Å². The molecule has 3 aromatic heterocycles. The maximum Gasteiger partial charge on any atom is 0.162 e. The number of rotatable bonds is 9. The molecule has 3 aromatic rings. The maximum atomic E-state index is 5.19. The van der Waals surface area contributed by atoms with Crippen molar-refractivity contribution in [3.63, 3.8) is 0 Å². The van der Waals surface area contributed by atoms with Crippen LogP contribution in [-0.4, -0.2) is 39.1 Å². The van der Waals surface area contributed by atoms with Gasteiger partial charge in [0.25, 0.3) is 0 Å². The maximum absolute atomic E-state index is 5.19. The summed E-state index contributed by atoms with van der Waals surface area (Å²) in [5.41, 5.74) is 4.96. The average Bonchev–Trinajstić information content (AvgIpc) is 3.77. The highest BCUT2D eigenvalue weighted by molar-refractivity contribution is 5.93. The highest BCUT2D eigenvalue weighted by Crippen LogP contribution is 2.45. The molecule has 1 saturated heterocycles. The third-order valence-electron chi connectivity index (χ3n) is 8.25. The van der Waals surface area contributed by atoms with Crippen molar-refractivity contribution < 1.29 is 0 Å². The minimum atomic E-state index is 0.125. The zero-order valence-corrected chi connectivity index (χ0v) is 24.4. The molecule has 1 aliphatic heterocycles. The van der Waals surface area contributed by atoms with E-state index in [9.17, 15) is 0 Å². The van der Waals surface area contributed by atoms with Crippen LogP contribution in [0.5, 0.6) is 0 Å². The first-order valence-electron chi connectivity index (χ1n) is 14.6. The topological polar surface area (TPSA) is 87.7 Å². The van der Waals surface area contributed by atoms with Crippen LogP contribution in [0.25, 0.3) is 22.3 Å². The predicted molar refractivity (Wildman–Crippen MR) is 166 cm³/mol. The quantitative estimate of drug-likeness (QED) is 0.248. The average molecular weight is 538 g/mol. The summed E-state index contributed by atoms with van der Waals surface area (Å²) in [6.45, 7) is 19.3. The molecule has 0 radical (unpaired) electrons. The molecule has 0 spiro atoms. The van der Waals surface area contributed by atoms with Crippen molar-refractivity contribution in [3.05, 3.63) is 72.9 Å². The van der Waals surface area contributed by atoms with E-state index in [1.54, 1.807) is 6.20 Å². The second kappa shape index (κ2) is 11.9. The molecule has 7 heteroatoms. The zero-order valence-electron chi connectivity index (χ0n) is 24.4. The first kappa shape index (κ1) is 28.0. The van der Waals surface area contributed by atoms with Gasteiger partial charge in [-0.15, -0.1) is 0 Å². The van der Waals surface area contributed by atoms with Gasteiger partial charge >= 0.3 is 0 Å². The highest BCUT2D eigenvalue weighted by Gasteiger charge is 2.32.